The molecule has 0 spiro atoms. The maximum atomic E-state index is 12.4. The highest BCUT2D eigenvalue weighted by molar-refractivity contribution is 5.90. The Morgan fingerprint density at radius 2 is 1.71 bits per heavy atom. The van der Waals surface area contributed by atoms with Crippen LogP contribution in [0.25, 0.3) is 5.57 Å². The van der Waals surface area contributed by atoms with Gasteiger partial charge in [0.2, 0.25) is 0 Å². The van der Waals surface area contributed by atoms with Crippen molar-refractivity contribution in [1.82, 2.24) is 4.98 Å². The first-order valence-corrected chi connectivity index (χ1v) is 9.56. The number of benzene rings is 1. The summed E-state index contributed by atoms with van der Waals surface area (Å²) < 4.78 is 11.6. The maximum Gasteiger partial charge on any atom is 0.355 e. The molecule has 4 heteroatoms. The lowest BCUT2D eigenvalue weighted by atomic mass is 9.87. The fourth-order valence-electron chi connectivity index (χ4n) is 3.14. The second kappa shape index (κ2) is 7.01. The Bertz CT molecular complexity index is 937. The molecule has 0 aliphatic carbocycles. The number of ether oxygens (including phenoxy) is 2. The van der Waals surface area contributed by atoms with Gasteiger partial charge in [-0.3, -0.25) is 0 Å². The van der Waals surface area contributed by atoms with E-state index in [4.69, 9.17) is 9.47 Å². The molecule has 0 saturated carbocycles. The summed E-state index contributed by atoms with van der Waals surface area (Å²) in [6, 6.07) is 11.9. The molecule has 1 N–H and O–H groups in total. The highest BCUT2D eigenvalue weighted by Crippen LogP contribution is 2.46. The number of aromatic amines is 1. The molecule has 1 aromatic heterocycles. The van der Waals surface area contributed by atoms with Crippen LogP contribution in [0.4, 0.5) is 0 Å². The Morgan fingerprint density at radius 3 is 2.25 bits per heavy atom. The summed E-state index contributed by atoms with van der Waals surface area (Å²) in [5, 5.41) is 0. The van der Waals surface area contributed by atoms with Crippen molar-refractivity contribution in [3.05, 3.63) is 77.0 Å². The van der Waals surface area contributed by atoms with E-state index in [1.54, 1.807) is 6.07 Å². The van der Waals surface area contributed by atoms with Gasteiger partial charge in [0.05, 0.1) is 5.69 Å². The molecule has 0 amide bonds. The van der Waals surface area contributed by atoms with Crippen LogP contribution in [0.3, 0.4) is 0 Å². The number of hydrogen-bond donors (Lipinski definition) is 1. The number of aryl methyl sites for hydroxylation is 1. The van der Waals surface area contributed by atoms with Crippen LogP contribution in [0.5, 0.6) is 0 Å². The van der Waals surface area contributed by atoms with Gasteiger partial charge in [-0.2, -0.15) is 0 Å². The molecule has 0 atom stereocenters. The zero-order valence-corrected chi connectivity index (χ0v) is 17.6. The highest BCUT2D eigenvalue weighted by atomic mass is 16.6. The predicted molar refractivity (Wildman–Crippen MR) is 112 cm³/mol. The second-order valence-electron chi connectivity index (χ2n) is 9.04. The predicted octanol–water partition coefficient (Wildman–Crippen LogP) is 6.00. The average Bonchev–Trinajstić information content (AvgIpc) is 3.14. The molecule has 0 unspecified atom stereocenters. The van der Waals surface area contributed by atoms with E-state index in [0.717, 1.165) is 34.8 Å². The van der Waals surface area contributed by atoms with E-state index < -0.39 is 5.60 Å². The quantitative estimate of drug-likeness (QED) is 0.666. The van der Waals surface area contributed by atoms with Gasteiger partial charge in [-0.25, -0.2) is 4.79 Å². The summed E-state index contributed by atoms with van der Waals surface area (Å²) in [6.07, 6.45) is 0.746. The van der Waals surface area contributed by atoms with Gasteiger partial charge in [0.1, 0.15) is 22.8 Å². The summed E-state index contributed by atoms with van der Waals surface area (Å²) >= 11 is 0. The van der Waals surface area contributed by atoms with Crippen molar-refractivity contribution in [2.45, 2.75) is 53.6 Å². The summed E-state index contributed by atoms with van der Waals surface area (Å²) in [7, 11) is 0. The highest BCUT2D eigenvalue weighted by Gasteiger charge is 2.35. The minimum Gasteiger partial charge on any atom is -0.465 e. The number of esters is 1. The Labute approximate surface area is 167 Å². The van der Waals surface area contributed by atoms with E-state index in [9.17, 15) is 4.79 Å². The summed E-state index contributed by atoms with van der Waals surface area (Å²) in [5.41, 5.74) is 3.73. The van der Waals surface area contributed by atoms with E-state index in [1.807, 2.05) is 26.8 Å². The van der Waals surface area contributed by atoms with Crippen LogP contribution in [0.1, 0.15) is 68.3 Å². The smallest absolute Gasteiger partial charge is 0.355 e. The molecule has 0 bridgehead atoms. The Hall–Kier alpha value is -2.75. The number of allylic oxidation sites excluding steroid dienone is 2. The van der Waals surface area contributed by atoms with Crippen molar-refractivity contribution < 1.29 is 14.3 Å². The third kappa shape index (κ3) is 4.22. The van der Waals surface area contributed by atoms with Crippen LogP contribution >= 0.6 is 0 Å². The molecule has 3 rings (SSSR count). The van der Waals surface area contributed by atoms with Gasteiger partial charge in [0.25, 0.3) is 0 Å². The first-order chi connectivity index (χ1) is 13.0. The lowest BCUT2D eigenvalue weighted by molar-refractivity contribution is 0.00635. The minimum atomic E-state index is -0.545. The van der Waals surface area contributed by atoms with E-state index in [0.29, 0.717) is 5.69 Å². The average molecular weight is 380 g/mol. The van der Waals surface area contributed by atoms with Crippen molar-refractivity contribution in [2.24, 2.45) is 5.41 Å². The van der Waals surface area contributed by atoms with Crippen LogP contribution < -0.4 is 0 Å². The zero-order chi connectivity index (χ0) is 20.7. The summed E-state index contributed by atoms with van der Waals surface area (Å²) in [4.78, 5) is 15.7. The first kappa shape index (κ1) is 20.0. The summed E-state index contributed by atoms with van der Waals surface area (Å²) in [6.45, 7) is 15.9. The SMILES string of the molecule is C=C1O/C(=C(\c2ccc(C)cc2)c2ccc(C(=O)OC(C)(C)C)[nH]2)CC1(C)C. The van der Waals surface area contributed by atoms with Crippen molar-refractivity contribution in [2.75, 3.05) is 0 Å². The lowest BCUT2D eigenvalue weighted by Gasteiger charge is -2.18. The second-order valence-corrected chi connectivity index (χ2v) is 9.04. The Balaban J connectivity index is 2.06. The molecular weight excluding hydrogens is 350 g/mol. The van der Waals surface area contributed by atoms with E-state index in [1.165, 1.54) is 5.56 Å². The normalized spacial score (nSPS) is 18.0. The number of rotatable bonds is 3. The molecule has 148 valence electrons. The number of carbonyl (C=O) groups excluding carboxylic acids is 1. The van der Waals surface area contributed by atoms with Crippen molar-refractivity contribution in [3.8, 4) is 0 Å². The standard InChI is InChI=1S/C24H29NO3/c1-15-8-10-17(11-9-15)21(20-14-24(6,7)16(2)27-20)18-12-13-19(25-18)22(26)28-23(3,4)5/h8-13,25H,2,14H2,1,3-7H3/b21-20+. The molecule has 28 heavy (non-hydrogen) atoms. The molecule has 0 radical (unpaired) electrons. The van der Waals surface area contributed by atoms with Gasteiger partial charge in [0.15, 0.2) is 0 Å². The molecule has 1 saturated heterocycles. The maximum absolute atomic E-state index is 12.4. The molecular formula is C24H29NO3. The monoisotopic (exact) mass is 379 g/mol. The fourth-order valence-corrected chi connectivity index (χ4v) is 3.14. The van der Waals surface area contributed by atoms with Crippen LogP contribution in [-0.4, -0.2) is 16.6 Å². The van der Waals surface area contributed by atoms with Gasteiger partial charge in [-0.1, -0.05) is 50.3 Å². The minimum absolute atomic E-state index is 0.133. The van der Waals surface area contributed by atoms with Crippen LogP contribution in [-0.2, 0) is 9.47 Å². The third-order valence-electron chi connectivity index (χ3n) is 4.80. The van der Waals surface area contributed by atoms with Crippen molar-refractivity contribution >= 4 is 11.5 Å². The number of hydrogen-bond acceptors (Lipinski definition) is 3. The molecule has 2 aromatic rings. The first-order valence-electron chi connectivity index (χ1n) is 9.56. The van der Waals surface area contributed by atoms with Gasteiger partial charge >= 0.3 is 5.97 Å². The van der Waals surface area contributed by atoms with Crippen LogP contribution in [0.2, 0.25) is 0 Å². The molecule has 1 aromatic carbocycles. The van der Waals surface area contributed by atoms with Crippen molar-refractivity contribution in [3.63, 3.8) is 0 Å². The van der Waals surface area contributed by atoms with Crippen molar-refractivity contribution in [1.29, 1.82) is 0 Å². The lowest BCUT2D eigenvalue weighted by Crippen LogP contribution is -2.24. The number of aromatic nitrogens is 1. The molecule has 1 aliphatic rings. The zero-order valence-electron chi connectivity index (χ0n) is 17.6. The number of nitrogens with one attached hydrogen (secondary N) is 1. The largest absolute Gasteiger partial charge is 0.465 e. The third-order valence-corrected chi connectivity index (χ3v) is 4.80. The number of carbonyl (C=O) groups is 1. The molecule has 2 heterocycles. The summed E-state index contributed by atoms with van der Waals surface area (Å²) in [5.74, 6) is 1.24. The Kier molecular flexibility index (Phi) is 5.00. The molecule has 1 fully saturated rings. The van der Waals surface area contributed by atoms with Gasteiger partial charge < -0.3 is 14.5 Å². The van der Waals surface area contributed by atoms with Crippen LogP contribution in [0.15, 0.2) is 54.5 Å². The van der Waals surface area contributed by atoms with Gasteiger partial charge in [-0.05, 0) is 45.4 Å². The number of H-pyrrole nitrogens is 1. The fraction of sp³-hybridized carbons (Fsp3) is 0.375. The van der Waals surface area contributed by atoms with Gasteiger partial charge in [-0.15, -0.1) is 0 Å². The topological polar surface area (TPSA) is 51.3 Å². The van der Waals surface area contributed by atoms with E-state index in [-0.39, 0.29) is 11.4 Å². The van der Waals surface area contributed by atoms with E-state index >= 15 is 0 Å². The molecule has 4 nitrogen and oxygen atoms in total. The van der Waals surface area contributed by atoms with Gasteiger partial charge in [0, 0.05) is 17.4 Å². The van der Waals surface area contributed by atoms with Crippen LogP contribution in [0, 0.1) is 12.3 Å². The Morgan fingerprint density at radius 1 is 1.11 bits per heavy atom. The molecule has 1 aliphatic heterocycles. The van der Waals surface area contributed by atoms with E-state index in [2.05, 4.69) is 56.6 Å².